The molecular formula is C53H72N2NiO4. The van der Waals surface area contributed by atoms with Gasteiger partial charge in [-0.2, -0.15) is 0 Å². The van der Waals surface area contributed by atoms with Crippen molar-refractivity contribution in [2.75, 3.05) is 0 Å². The first kappa shape index (κ1) is 52.1. The Balaban J connectivity index is 0.000000541. The molecule has 4 aromatic carbocycles. The van der Waals surface area contributed by atoms with Crippen molar-refractivity contribution < 1.29 is 36.3 Å². The third-order valence-electron chi connectivity index (χ3n) is 11.1. The first-order chi connectivity index (χ1) is 28.7. The van der Waals surface area contributed by atoms with Gasteiger partial charge >= 0.3 is 16.5 Å². The molecule has 7 heteroatoms. The Morgan fingerprint density at radius 1 is 0.550 bits per heavy atom. The SMILES string of the molecule is CCCCCC(=Nc1ccc(CCCC)c(CCCC)c1)C(CCCC)=Nc1ccc(CCCC)c(CCCC)c1.CCc1cc([O-])c([O-])c2cccc(C(=O)C=O)c12.[Ni+2]. The Morgan fingerprint density at radius 3 is 1.47 bits per heavy atom. The van der Waals surface area contributed by atoms with Gasteiger partial charge in [-0.3, -0.25) is 19.6 Å². The number of aldehydes is 1. The number of nitrogens with zero attached hydrogens (tertiary/aromatic N) is 2. The molecule has 0 fully saturated rings. The van der Waals surface area contributed by atoms with Crippen LogP contribution in [0.4, 0.5) is 11.4 Å². The summed E-state index contributed by atoms with van der Waals surface area (Å²) in [5, 5.41) is 23.9. The molecule has 6 nitrogen and oxygen atoms in total. The van der Waals surface area contributed by atoms with E-state index in [1.807, 2.05) is 6.92 Å². The molecule has 328 valence electrons. The molecule has 0 bridgehead atoms. The number of fused-ring (bicyclic) bond motifs is 1. The van der Waals surface area contributed by atoms with E-state index >= 15 is 0 Å². The van der Waals surface area contributed by atoms with Crippen LogP contribution in [0.3, 0.4) is 0 Å². The van der Waals surface area contributed by atoms with Gasteiger partial charge in [0.15, 0.2) is 6.29 Å². The summed E-state index contributed by atoms with van der Waals surface area (Å²) in [6, 6.07) is 19.8. The van der Waals surface area contributed by atoms with E-state index in [9.17, 15) is 19.8 Å². The van der Waals surface area contributed by atoms with E-state index in [-0.39, 0.29) is 33.7 Å². The van der Waals surface area contributed by atoms with Crippen LogP contribution < -0.4 is 10.2 Å². The van der Waals surface area contributed by atoms with Crippen molar-refractivity contribution in [3.05, 3.63) is 94.0 Å². The van der Waals surface area contributed by atoms with Gasteiger partial charge in [0.2, 0.25) is 5.78 Å². The van der Waals surface area contributed by atoms with Gasteiger partial charge in [-0.25, -0.2) is 0 Å². The number of Topliss-reactive ketones (excluding diaryl/α,β-unsaturated/α-hetero) is 1. The van der Waals surface area contributed by atoms with Crippen molar-refractivity contribution >= 4 is 45.6 Å². The number of benzene rings is 4. The number of rotatable bonds is 25. The van der Waals surface area contributed by atoms with Crippen LogP contribution in [0.2, 0.25) is 0 Å². The summed E-state index contributed by atoms with van der Waals surface area (Å²) in [7, 11) is 0. The van der Waals surface area contributed by atoms with E-state index in [0.29, 0.717) is 17.4 Å². The maximum absolute atomic E-state index is 11.7. The number of carbonyl (C=O) groups is 2. The zero-order valence-corrected chi connectivity index (χ0v) is 38.8. The largest absolute Gasteiger partial charge is 2.00 e. The molecule has 0 aliphatic rings. The van der Waals surface area contributed by atoms with Gasteiger partial charge < -0.3 is 10.2 Å². The normalized spacial score (nSPS) is 11.6. The number of ketones is 1. The van der Waals surface area contributed by atoms with E-state index in [0.717, 1.165) is 43.5 Å². The Hall–Kier alpha value is -4.09. The average molecular weight is 860 g/mol. The van der Waals surface area contributed by atoms with Crippen LogP contribution in [0.15, 0.2) is 70.6 Å². The fraction of sp³-hybridized carbons (Fsp3) is 0.509. The number of carbonyl (C=O) groups excluding carboxylic acids is 2. The summed E-state index contributed by atoms with van der Waals surface area (Å²) >= 11 is 0. The molecule has 0 amide bonds. The summed E-state index contributed by atoms with van der Waals surface area (Å²) < 4.78 is 0. The zero-order chi connectivity index (χ0) is 43.0. The Bertz CT molecular complexity index is 1980. The van der Waals surface area contributed by atoms with Crippen molar-refractivity contribution in [1.29, 1.82) is 0 Å². The van der Waals surface area contributed by atoms with E-state index < -0.39 is 17.3 Å². The molecule has 0 aromatic heterocycles. The molecule has 0 atom stereocenters. The van der Waals surface area contributed by atoms with Gasteiger partial charge in [0.25, 0.3) is 0 Å². The van der Waals surface area contributed by atoms with Gasteiger partial charge in [-0.15, -0.1) is 11.5 Å². The van der Waals surface area contributed by atoms with Gasteiger partial charge in [-0.1, -0.05) is 130 Å². The smallest absolute Gasteiger partial charge is 0.873 e. The van der Waals surface area contributed by atoms with Crippen LogP contribution in [0, 0.1) is 0 Å². The van der Waals surface area contributed by atoms with Crippen LogP contribution in [0.1, 0.15) is 183 Å². The summed E-state index contributed by atoms with van der Waals surface area (Å²) in [6.45, 7) is 15.5. The van der Waals surface area contributed by atoms with Gasteiger partial charge in [0, 0.05) is 5.56 Å². The van der Waals surface area contributed by atoms with Gasteiger partial charge in [-0.05, 0) is 146 Å². The summed E-state index contributed by atoms with van der Waals surface area (Å²) in [4.78, 5) is 32.9. The van der Waals surface area contributed by atoms with Crippen LogP contribution in [-0.4, -0.2) is 23.5 Å². The molecule has 0 radical (unpaired) electrons. The van der Waals surface area contributed by atoms with E-state index in [1.54, 1.807) is 0 Å². The molecule has 0 unspecified atom stereocenters. The molecule has 4 aromatic rings. The third kappa shape index (κ3) is 16.1. The first-order valence-electron chi connectivity index (χ1n) is 23.0. The fourth-order valence-electron chi connectivity index (χ4n) is 7.58. The van der Waals surface area contributed by atoms with E-state index in [2.05, 4.69) is 77.9 Å². The molecule has 4 rings (SSSR count). The van der Waals surface area contributed by atoms with Crippen molar-refractivity contribution in [3.8, 4) is 11.5 Å². The minimum absolute atomic E-state index is 0. The van der Waals surface area contributed by atoms with Crippen molar-refractivity contribution in [2.45, 2.75) is 177 Å². The molecule has 0 saturated carbocycles. The van der Waals surface area contributed by atoms with Crippen molar-refractivity contribution in [2.24, 2.45) is 9.98 Å². The predicted octanol–water partition coefficient (Wildman–Crippen LogP) is 13.6. The Morgan fingerprint density at radius 2 is 1.02 bits per heavy atom. The van der Waals surface area contributed by atoms with Crippen LogP contribution in [0.25, 0.3) is 10.8 Å². The summed E-state index contributed by atoms with van der Waals surface area (Å²) in [6.07, 6.45) is 23.3. The van der Waals surface area contributed by atoms with E-state index in [1.165, 1.54) is 148 Å². The molecule has 0 aliphatic carbocycles. The second-order valence-corrected chi connectivity index (χ2v) is 15.9. The third-order valence-corrected chi connectivity index (χ3v) is 11.1. The minimum Gasteiger partial charge on any atom is -0.873 e. The molecular weight excluding hydrogens is 787 g/mol. The topological polar surface area (TPSA) is 105 Å². The quantitative estimate of drug-likeness (QED) is 0.0165. The van der Waals surface area contributed by atoms with Crippen LogP contribution in [-0.2, 0) is 53.4 Å². The number of hydrogen-bond donors (Lipinski definition) is 0. The maximum Gasteiger partial charge on any atom is 2.00 e. The molecule has 0 heterocycles. The van der Waals surface area contributed by atoms with Gasteiger partial charge in [0.05, 0.1) is 22.8 Å². The second-order valence-electron chi connectivity index (χ2n) is 15.9. The second kappa shape index (κ2) is 29.2. The number of aliphatic imine (C=N–C) groups is 2. The number of aryl methyl sites for hydroxylation is 5. The van der Waals surface area contributed by atoms with Crippen molar-refractivity contribution in [3.63, 3.8) is 0 Å². The summed E-state index contributed by atoms with van der Waals surface area (Å²) in [5.74, 6) is -1.91. The first-order valence-corrected chi connectivity index (χ1v) is 23.0. The van der Waals surface area contributed by atoms with Crippen LogP contribution >= 0.6 is 0 Å². The minimum atomic E-state index is -0.687. The fourth-order valence-corrected chi connectivity index (χ4v) is 7.58. The van der Waals surface area contributed by atoms with Crippen molar-refractivity contribution in [1.82, 2.24) is 0 Å². The zero-order valence-electron chi connectivity index (χ0n) is 37.8. The number of unbranched alkanes of at least 4 members (excludes halogenated alkanes) is 7. The molecule has 0 spiro atoms. The average Bonchev–Trinajstić information content (AvgIpc) is 3.26. The van der Waals surface area contributed by atoms with E-state index in [4.69, 9.17) is 9.98 Å². The predicted molar refractivity (Wildman–Crippen MR) is 248 cm³/mol. The van der Waals surface area contributed by atoms with Crippen LogP contribution in [0.5, 0.6) is 11.5 Å². The monoisotopic (exact) mass is 858 g/mol. The Kier molecular flexibility index (Phi) is 25.3. The maximum atomic E-state index is 11.7. The molecule has 0 aliphatic heterocycles. The molecule has 0 N–H and O–H groups in total. The standard InChI is InChI=1S/C39H62N2.C14H12O4.Ni/c1-7-13-19-25-39(41-37-29-27-33(21-15-9-3)35(31-37)23-17-11-5)38(24-18-12-6)40-36-28-26-32(20-14-8-2)34(30-36)22-16-10-4;1-2-8-6-11(16)14(18)10-5-3-4-9(13(8)10)12(17)7-15;/h26-31H,7-25H2,1-6H3;3-7,16,18H,2H2,1H3;/q;;+2/p-2. The molecule has 60 heavy (non-hydrogen) atoms. The summed E-state index contributed by atoms with van der Waals surface area (Å²) in [5.41, 5.74) is 11.5. The Labute approximate surface area is 372 Å². The number of hydrogen-bond acceptors (Lipinski definition) is 6. The van der Waals surface area contributed by atoms with Gasteiger partial charge in [0.1, 0.15) is 0 Å². The molecule has 0 saturated heterocycles.